The molecule has 0 bridgehead atoms. The fourth-order valence-electron chi connectivity index (χ4n) is 2.53. The third-order valence-corrected chi connectivity index (χ3v) is 3.45. The van der Waals surface area contributed by atoms with Gasteiger partial charge in [0.2, 0.25) is 5.91 Å². The molecule has 0 atom stereocenters. The minimum Gasteiger partial charge on any atom is -0.387 e. The van der Waals surface area contributed by atoms with Crippen molar-refractivity contribution < 1.29 is 4.79 Å². The summed E-state index contributed by atoms with van der Waals surface area (Å²) in [5, 5.41) is 0. The predicted octanol–water partition coefficient (Wildman–Crippen LogP) is 3.11. The molecule has 0 aliphatic carbocycles. The Morgan fingerprint density at radius 2 is 1.90 bits per heavy atom. The first-order chi connectivity index (χ1) is 10.2. The summed E-state index contributed by atoms with van der Waals surface area (Å²) in [5.74, 6) is 0.570. The lowest BCUT2D eigenvalue weighted by Crippen LogP contribution is -2.34. The molecule has 1 aromatic carbocycles. The van der Waals surface area contributed by atoms with E-state index in [1.165, 1.54) is 0 Å². The van der Waals surface area contributed by atoms with Crippen molar-refractivity contribution >= 4 is 23.5 Å². The minimum atomic E-state index is 0.0774. The van der Waals surface area contributed by atoms with Gasteiger partial charge in [0.25, 0.3) is 0 Å². The molecular formula is C17H23N3O. The van der Waals surface area contributed by atoms with Crippen LogP contribution in [0, 0.1) is 0 Å². The van der Waals surface area contributed by atoms with Gasteiger partial charge in [-0.2, -0.15) is 0 Å². The van der Waals surface area contributed by atoms with E-state index in [2.05, 4.69) is 18.8 Å². The second-order valence-electron chi connectivity index (χ2n) is 5.30. The van der Waals surface area contributed by atoms with Gasteiger partial charge >= 0.3 is 0 Å². The number of hydrogen-bond acceptors (Lipinski definition) is 3. The third-order valence-electron chi connectivity index (χ3n) is 3.45. The van der Waals surface area contributed by atoms with Gasteiger partial charge < -0.3 is 10.6 Å². The summed E-state index contributed by atoms with van der Waals surface area (Å²) >= 11 is 0. The van der Waals surface area contributed by atoms with Gasteiger partial charge in [0.05, 0.1) is 5.69 Å². The summed E-state index contributed by atoms with van der Waals surface area (Å²) in [6, 6.07) is 7.76. The Hall–Kier alpha value is -2.10. The largest absolute Gasteiger partial charge is 0.387 e. The van der Waals surface area contributed by atoms with Crippen LogP contribution in [0.1, 0.15) is 38.7 Å². The van der Waals surface area contributed by atoms with Crippen LogP contribution in [0.3, 0.4) is 0 Å². The maximum absolute atomic E-state index is 12.7. The van der Waals surface area contributed by atoms with Crippen LogP contribution >= 0.6 is 0 Å². The first kappa shape index (κ1) is 15.3. The number of carbonyl (C=O) groups excluding carboxylic acids is 1. The highest BCUT2D eigenvalue weighted by atomic mass is 16.2. The Morgan fingerprint density at radius 1 is 1.24 bits per heavy atom. The van der Waals surface area contributed by atoms with Crippen molar-refractivity contribution in [2.45, 2.75) is 33.1 Å². The molecule has 2 N–H and O–H groups in total. The molecule has 1 aromatic rings. The number of amidine groups is 1. The highest BCUT2D eigenvalue weighted by Gasteiger charge is 2.20. The lowest BCUT2D eigenvalue weighted by molar-refractivity contribution is -0.127. The van der Waals surface area contributed by atoms with E-state index in [-0.39, 0.29) is 5.91 Å². The van der Waals surface area contributed by atoms with E-state index in [1.54, 1.807) is 0 Å². The van der Waals surface area contributed by atoms with Crippen molar-refractivity contribution in [1.82, 2.24) is 4.90 Å². The van der Waals surface area contributed by atoms with Crippen LogP contribution in [-0.4, -0.2) is 29.7 Å². The quantitative estimate of drug-likeness (QED) is 0.903. The summed E-state index contributed by atoms with van der Waals surface area (Å²) in [7, 11) is 0. The number of amides is 1. The summed E-state index contributed by atoms with van der Waals surface area (Å²) in [6.45, 7) is 5.73. The number of fused-ring (bicyclic) bond motifs is 1. The zero-order chi connectivity index (χ0) is 15.2. The molecule has 1 amide bonds. The second-order valence-corrected chi connectivity index (χ2v) is 5.30. The lowest BCUT2D eigenvalue weighted by Gasteiger charge is -2.22. The van der Waals surface area contributed by atoms with Gasteiger partial charge in [0.15, 0.2) is 0 Å². The van der Waals surface area contributed by atoms with Crippen molar-refractivity contribution in [2.75, 3.05) is 13.1 Å². The summed E-state index contributed by atoms with van der Waals surface area (Å²) in [5.41, 5.74) is 8.47. The molecule has 1 aliphatic heterocycles. The van der Waals surface area contributed by atoms with Crippen molar-refractivity contribution in [1.29, 1.82) is 0 Å². The number of aliphatic imine (C=N–C) groups is 1. The molecule has 1 aliphatic rings. The average Bonchev–Trinajstić information content (AvgIpc) is 2.64. The van der Waals surface area contributed by atoms with Gasteiger partial charge in [-0.05, 0) is 25.0 Å². The molecule has 1 heterocycles. The standard InChI is InChI=1S/C17H23N3O/c1-3-9-20(10-4-2)17(21)14-11-13-7-5-6-8-15(13)19-16(18)12-14/h5-8,11H,3-4,9-10,12H2,1-2H3,(H2,18,19). The van der Waals surface area contributed by atoms with Gasteiger partial charge in [-0.1, -0.05) is 32.0 Å². The molecule has 4 heteroatoms. The zero-order valence-corrected chi connectivity index (χ0v) is 12.8. The van der Waals surface area contributed by atoms with Crippen LogP contribution < -0.4 is 5.73 Å². The summed E-state index contributed by atoms with van der Waals surface area (Å²) < 4.78 is 0. The molecule has 21 heavy (non-hydrogen) atoms. The van der Waals surface area contributed by atoms with Gasteiger partial charge in [0, 0.05) is 30.6 Å². The van der Waals surface area contributed by atoms with Crippen molar-refractivity contribution in [3.05, 3.63) is 35.4 Å². The fraction of sp³-hybridized carbons (Fsp3) is 0.412. The van der Waals surface area contributed by atoms with E-state index in [0.717, 1.165) is 42.8 Å². The predicted molar refractivity (Wildman–Crippen MR) is 87.5 cm³/mol. The SMILES string of the molecule is CCCN(CCC)C(=O)C1=Cc2ccccc2N=C(N)C1. The molecule has 2 rings (SSSR count). The second kappa shape index (κ2) is 7.07. The zero-order valence-electron chi connectivity index (χ0n) is 12.8. The first-order valence-corrected chi connectivity index (χ1v) is 7.57. The Bertz CT molecular complexity index is 569. The number of rotatable bonds is 5. The van der Waals surface area contributed by atoms with Crippen molar-refractivity contribution in [3.8, 4) is 0 Å². The molecule has 0 aromatic heterocycles. The van der Waals surface area contributed by atoms with Crippen LogP contribution in [0.2, 0.25) is 0 Å². The Kier molecular flexibility index (Phi) is 5.14. The smallest absolute Gasteiger partial charge is 0.250 e. The topological polar surface area (TPSA) is 58.7 Å². The maximum Gasteiger partial charge on any atom is 0.250 e. The molecule has 0 radical (unpaired) electrons. The van der Waals surface area contributed by atoms with E-state index in [1.807, 2.05) is 35.2 Å². The molecule has 0 saturated heterocycles. The number of benzene rings is 1. The molecule has 0 spiro atoms. The van der Waals surface area contributed by atoms with Crippen LogP contribution in [0.25, 0.3) is 6.08 Å². The van der Waals surface area contributed by atoms with E-state index in [4.69, 9.17) is 5.73 Å². The van der Waals surface area contributed by atoms with E-state index < -0.39 is 0 Å². The Morgan fingerprint density at radius 3 is 2.57 bits per heavy atom. The van der Waals surface area contributed by atoms with Crippen LogP contribution in [0.15, 0.2) is 34.8 Å². The molecular weight excluding hydrogens is 262 g/mol. The number of nitrogens with two attached hydrogens (primary N) is 1. The number of para-hydroxylation sites is 1. The number of carbonyl (C=O) groups is 1. The van der Waals surface area contributed by atoms with Crippen LogP contribution in [0.5, 0.6) is 0 Å². The monoisotopic (exact) mass is 285 g/mol. The van der Waals surface area contributed by atoms with E-state index >= 15 is 0 Å². The van der Waals surface area contributed by atoms with Crippen LogP contribution in [-0.2, 0) is 4.79 Å². The van der Waals surface area contributed by atoms with Gasteiger partial charge in [0.1, 0.15) is 5.84 Å². The van der Waals surface area contributed by atoms with Gasteiger partial charge in [-0.3, -0.25) is 4.79 Å². The Labute approximate surface area is 126 Å². The highest BCUT2D eigenvalue weighted by molar-refractivity contribution is 6.05. The van der Waals surface area contributed by atoms with Crippen molar-refractivity contribution in [3.63, 3.8) is 0 Å². The van der Waals surface area contributed by atoms with E-state index in [0.29, 0.717) is 12.3 Å². The minimum absolute atomic E-state index is 0.0774. The van der Waals surface area contributed by atoms with Crippen molar-refractivity contribution in [2.24, 2.45) is 10.7 Å². The van der Waals surface area contributed by atoms with Gasteiger partial charge in [-0.25, -0.2) is 4.99 Å². The Balaban J connectivity index is 2.33. The molecule has 0 fully saturated rings. The maximum atomic E-state index is 12.7. The molecule has 0 unspecified atom stereocenters. The molecule has 4 nitrogen and oxygen atoms in total. The fourth-order valence-corrected chi connectivity index (χ4v) is 2.53. The molecule has 112 valence electrons. The van der Waals surface area contributed by atoms with Gasteiger partial charge in [-0.15, -0.1) is 0 Å². The summed E-state index contributed by atoms with van der Waals surface area (Å²) in [4.78, 5) is 19.0. The molecule has 0 saturated carbocycles. The lowest BCUT2D eigenvalue weighted by atomic mass is 10.1. The van der Waals surface area contributed by atoms with E-state index in [9.17, 15) is 4.79 Å². The number of hydrogen-bond donors (Lipinski definition) is 1. The average molecular weight is 285 g/mol. The normalized spacial score (nSPS) is 13.8. The highest BCUT2D eigenvalue weighted by Crippen LogP contribution is 2.26. The summed E-state index contributed by atoms with van der Waals surface area (Å²) in [6.07, 6.45) is 4.26. The van der Waals surface area contributed by atoms with Crippen LogP contribution in [0.4, 0.5) is 5.69 Å². The first-order valence-electron chi connectivity index (χ1n) is 7.57. The number of nitrogens with zero attached hydrogens (tertiary/aromatic N) is 2. The third kappa shape index (κ3) is 3.72.